The summed E-state index contributed by atoms with van der Waals surface area (Å²) < 4.78 is 39.7. The van der Waals surface area contributed by atoms with Gasteiger partial charge in [0.25, 0.3) is 5.91 Å². The number of fused-ring (bicyclic) bond motifs is 1. The zero-order chi connectivity index (χ0) is 25.2. The van der Waals surface area contributed by atoms with Crippen LogP contribution in [0.3, 0.4) is 0 Å². The van der Waals surface area contributed by atoms with Gasteiger partial charge in [-0.2, -0.15) is 13.2 Å². The Morgan fingerprint density at radius 1 is 1.29 bits per heavy atom. The molecular weight excluding hydrogens is 463 g/mol. The first kappa shape index (κ1) is 24.5. The fourth-order valence-corrected chi connectivity index (χ4v) is 4.29. The van der Waals surface area contributed by atoms with Gasteiger partial charge in [-0.3, -0.25) is 24.7 Å². The summed E-state index contributed by atoms with van der Waals surface area (Å²) in [7, 11) is 0. The normalized spacial score (nSPS) is 22.9. The number of carbonyl (C=O) groups excluding carboxylic acids is 3. The van der Waals surface area contributed by atoms with E-state index in [1.165, 1.54) is 11.0 Å². The van der Waals surface area contributed by atoms with Crippen molar-refractivity contribution in [1.29, 1.82) is 0 Å². The quantitative estimate of drug-likeness (QED) is 0.421. The van der Waals surface area contributed by atoms with Gasteiger partial charge >= 0.3 is 6.18 Å². The number of hydrogen-bond donors (Lipinski definition) is 3. The first-order valence-corrected chi connectivity index (χ1v) is 11.4. The number of aliphatic imine (C=N–C) groups is 1. The van der Waals surface area contributed by atoms with Gasteiger partial charge in [0.05, 0.1) is 18.2 Å². The number of hydrogen-bond acceptors (Lipinski definition) is 6. The molecule has 0 saturated carbocycles. The molecule has 0 bridgehead atoms. The molecule has 186 valence electrons. The van der Waals surface area contributed by atoms with E-state index in [0.29, 0.717) is 30.9 Å². The van der Waals surface area contributed by atoms with Crippen LogP contribution in [0, 0.1) is 0 Å². The van der Waals surface area contributed by atoms with Gasteiger partial charge in [0, 0.05) is 25.1 Å². The molecule has 1 fully saturated rings. The Labute approximate surface area is 200 Å². The number of amides is 3. The molecule has 8 nitrogen and oxygen atoms in total. The number of piperidine rings is 1. The smallest absolute Gasteiger partial charge is 0.352 e. The summed E-state index contributed by atoms with van der Waals surface area (Å²) in [6.07, 6.45) is 0.236. The van der Waals surface area contributed by atoms with Crippen LogP contribution in [0.4, 0.5) is 13.2 Å². The molecule has 4 rings (SSSR count). The van der Waals surface area contributed by atoms with E-state index in [1.807, 2.05) is 6.07 Å². The topological polar surface area (TPSA) is 103 Å². The largest absolute Gasteiger partial charge is 0.416 e. The average Bonchev–Trinajstić information content (AvgIpc) is 3.38. The van der Waals surface area contributed by atoms with Gasteiger partial charge in [-0.25, -0.2) is 0 Å². The van der Waals surface area contributed by atoms with Crippen molar-refractivity contribution in [3.63, 3.8) is 0 Å². The predicted molar refractivity (Wildman–Crippen MR) is 122 cm³/mol. The highest BCUT2D eigenvalue weighted by Gasteiger charge is 2.39. The Morgan fingerprint density at radius 2 is 2.09 bits per heavy atom. The van der Waals surface area contributed by atoms with Crippen molar-refractivity contribution in [2.24, 2.45) is 4.99 Å². The number of nitrogens with zero attached hydrogens (tertiary/aromatic N) is 2. The van der Waals surface area contributed by atoms with E-state index in [2.05, 4.69) is 20.9 Å². The fourth-order valence-electron chi connectivity index (χ4n) is 4.29. The van der Waals surface area contributed by atoms with Crippen molar-refractivity contribution >= 4 is 23.7 Å². The molecule has 0 aromatic heterocycles. The molecular formula is C24H26F3N5O3. The summed E-state index contributed by atoms with van der Waals surface area (Å²) in [5, 5.41) is 8.31. The van der Waals surface area contributed by atoms with Crippen LogP contribution in [0.15, 0.2) is 47.0 Å². The lowest BCUT2D eigenvalue weighted by molar-refractivity contribution is -0.136. The Bertz CT molecular complexity index is 1130. The highest BCUT2D eigenvalue weighted by Crippen LogP contribution is 2.29. The predicted octanol–water partition coefficient (Wildman–Crippen LogP) is 2.32. The van der Waals surface area contributed by atoms with E-state index < -0.39 is 29.7 Å². The molecule has 1 saturated heterocycles. The molecule has 1 aromatic rings. The molecule has 35 heavy (non-hydrogen) atoms. The number of guanidine groups is 1. The van der Waals surface area contributed by atoms with Crippen LogP contribution in [0.5, 0.6) is 0 Å². The van der Waals surface area contributed by atoms with Crippen LogP contribution in [0.25, 0.3) is 0 Å². The molecule has 3 aliphatic rings. The van der Waals surface area contributed by atoms with E-state index in [-0.39, 0.29) is 31.3 Å². The number of nitrogens with one attached hydrogen (secondary N) is 3. The number of alkyl halides is 3. The maximum Gasteiger partial charge on any atom is 0.416 e. The molecule has 2 unspecified atom stereocenters. The number of halogens is 3. The van der Waals surface area contributed by atoms with Gasteiger partial charge in [0.15, 0.2) is 5.96 Å². The van der Waals surface area contributed by atoms with Crippen molar-refractivity contribution in [3.8, 4) is 0 Å². The Morgan fingerprint density at radius 3 is 2.80 bits per heavy atom. The van der Waals surface area contributed by atoms with E-state index in [1.54, 1.807) is 19.1 Å². The van der Waals surface area contributed by atoms with Crippen molar-refractivity contribution < 1.29 is 27.6 Å². The van der Waals surface area contributed by atoms with Crippen LogP contribution in [-0.4, -0.2) is 53.4 Å². The Balaban J connectivity index is 1.35. The lowest BCUT2D eigenvalue weighted by Gasteiger charge is -2.29. The third kappa shape index (κ3) is 5.55. The zero-order valence-corrected chi connectivity index (χ0v) is 19.1. The molecule has 0 spiro atoms. The number of allylic oxidation sites excluding steroid dienone is 3. The van der Waals surface area contributed by atoms with Crippen LogP contribution < -0.4 is 16.0 Å². The highest BCUT2D eigenvalue weighted by atomic mass is 19.4. The molecule has 3 heterocycles. The van der Waals surface area contributed by atoms with Gasteiger partial charge < -0.3 is 15.5 Å². The molecule has 1 aromatic carbocycles. The Hall–Kier alpha value is -3.63. The minimum atomic E-state index is -4.44. The first-order chi connectivity index (χ1) is 16.7. The second kappa shape index (κ2) is 9.93. The molecule has 2 atom stereocenters. The second-order valence-corrected chi connectivity index (χ2v) is 8.62. The Kier molecular flexibility index (Phi) is 6.95. The van der Waals surface area contributed by atoms with Crippen molar-refractivity contribution in [3.05, 3.63) is 58.7 Å². The lowest BCUT2D eigenvalue weighted by Crippen LogP contribution is -2.52. The van der Waals surface area contributed by atoms with Gasteiger partial charge in [-0.1, -0.05) is 31.2 Å². The van der Waals surface area contributed by atoms with Gasteiger partial charge in [0.2, 0.25) is 11.8 Å². The molecule has 11 heteroatoms. The second-order valence-electron chi connectivity index (χ2n) is 8.62. The van der Waals surface area contributed by atoms with Crippen molar-refractivity contribution in [2.75, 3.05) is 6.54 Å². The minimum absolute atomic E-state index is 0.182. The number of carbonyl (C=O) groups is 3. The SMILES string of the molecule is CC/C=C\C(=C/C1CN=C(NCc2ccc3c(c2)CN(C2CCC(=O)NC2=O)C3=O)N1)C(F)(F)F. The number of benzene rings is 1. The van der Waals surface area contributed by atoms with Gasteiger partial charge in [-0.05, 0) is 36.1 Å². The number of imide groups is 1. The average molecular weight is 489 g/mol. The summed E-state index contributed by atoms with van der Waals surface area (Å²) in [4.78, 5) is 42.1. The standard InChI is InChI=1S/C24H26F3N5O3/c1-2-3-4-16(24(25,26)27)10-17-12-29-23(30-17)28-11-14-5-6-18-15(9-14)13-32(22(18)35)19-7-8-20(33)31-21(19)34/h3-6,9-10,17,19H,2,7-8,11-13H2,1H3,(H2,28,29,30)(H,31,33,34)/b4-3-,16-10+. The first-order valence-electron chi connectivity index (χ1n) is 11.4. The summed E-state index contributed by atoms with van der Waals surface area (Å²) in [6, 6.07) is 4.09. The summed E-state index contributed by atoms with van der Waals surface area (Å²) in [6.45, 7) is 2.57. The third-order valence-electron chi connectivity index (χ3n) is 6.06. The van der Waals surface area contributed by atoms with Gasteiger partial charge in [-0.15, -0.1) is 0 Å². The maximum atomic E-state index is 13.2. The monoisotopic (exact) mass is 489 g/mol. The summed E-state index contributed by atoms with van der Waals surface area (Å²) in [5.41, 5.74) is 1.43. The molecule has 3 aliphatic heterocycles. The highest BCUT2D eigenvalue weighted by molar-refractivity contribution is 6.05. The zero-order valence-electron chi connectivity index (χ0n) is 19.1. The van der Waals surface area contributed by atoms with E-state index in [9.17, 15) is 27.6 Å². The van der Waals surface area contributed by atoms with E-state index >= 15 is 0 Å². The van der Waals surface area contributed by atoms with E-state index in [0.717, 1.165) is 23.3 Å². The van der Waals surface area contributed by atoms with Crippen LogP contribution in [-0.2, 0) is 22.7 Å². The van der Waals surface area contributed by atoms with E-state index in [4.69, 9.17) is 0 Å². The molecule has 3 amide bonds. The minimum Gasteiger partial charge on any atom is -0.352 e. The van der Waals surface area contributed by atoms with Crippen molar-refractivity contribution in [2.45, 2.75) is 57.5 Å². The van der Waals surface area contributed by atoms with Crippen LogP contribution >= 0.6 is 0 Å². The van der Waals surface area contributed by atoms with Crippen LogP contribution in [0.2, 0.25) is 0 Å². The third-order valence-corrected chi connectivity index (χ3v) is 6.06. The van der Waals surface area contributed by atoms with Gasteiger partial charge in [0.1, 0.15) is 6.04 Å². The summed E-state index contributed by atoms with van der Waals surface area (Å²) in [5.74, 6) is -0.647. The molecule has 0 aliphatic carbocycles. The number of rotatable bonds is 6. The maximum absolute atomic E-state index is 13.2. The fraction of sp³-hybridized carbons (Fsp3) is 0.417. The lowest BCUT2D eigenvalue weighted by atomic mass is 10.0. The van der Waals surface area contributed by atoms with Crippen LogP contribution in [0.1, 0.15) is 47.7 Å². The van der Waals surface area contributed by atoms with Crippen molar-refractivity contribution in [1.82, 2.24) is 20.9 Å². The summed E-state index contributed by atoms with van der Waals surface area (Å²) >= 11 is 0. The molecule has 0 radical (unpaired) electrons. The molecule has 3 N–H and O–H groups in total.